The molecule has 1 aromatic carbocycles. The van der Waals surface area contributed by atoms with Crippen LogP contribution >= 0.6 is 11.3 Å². The molecule has 20 heavy (non-hydrogen) atoms. The zero-order valence-electron chi connectivity index (χ0n) is 11.4. The van der Waals surface area contributed by atoms with E-state index >= 15 is 0 Å². The largest absolute Gasteiger partial charge is 0.375 e. The molecule has 0 fully saturated rings. The van der Waals surface area contributed by atoms with Crippen LogP contribution in [0.1, 0.15) is 23.4 Å². The molecular formula is C16H17N3S. The quantitative estimate of drug-likeness (QED) is 0.761. The number of nitrogens with one attached hydrogen (secondary N) is 1. The summed E-state index contributed by atoms with van der Waals surface area (Å²) in [4.78, 5) is 1.33. The molecule has 0 aliphatic heterocycles. The molecular weight excluding hydrogens is 266 g/mol. The highest BCUT2D eigenvalue weighted by Crippen LogP contribution is 2.22. The predicted octanol–water partition coefficient (Wildman–Crippen LogP) is 4.17. The fraction of sp³-hybridized carbons (Fsp3) is 0.188. The maximum Gasteiger partial charge on any atom is 0.0731 e. The number of hydrogen-bond acceptors (Lipinski definition) is 3. The minimum absolute atomic E-state index is 0.310. The van der Waals surface area contributed by atoms with Gasteiger partial charge in [0, 0.05) is 11.1 Å². The van der Waals surface area contributed by atoms with Gasteiger partial charge in [0.25, 0.3) is 0 Å². The van der Waals surface area contributed by atoms with E-state index in [0.29, 0.717) is 6.04 Å². The van der Waals surface area contributed by atoms with E-state index in [1.54, 1.807) is 11.3 Å². The summed E-state index contributed by atoms with van der Waals surface area (Å²) in [5, 5.41) is 9.98. The minimum Gasteiger partial charge on any atom is -0.375 e. The summed E-state index contributed by atoms with van der Waals surface area (Å²) >= 11 is 1.77. The lowest BCUT2D eigenvalue weighted by atomic mass is 10.2. The number of aromatic nitrogens is 2. The third kappa shape index (κ3) is 3.08. The molecule has 1 atom stereocenters. The SMILES string of the molecule is CC(Nc1cnn(Cc2ccccc2)c1)c1cccs1. The van der Waals surface area contributed by atoms with Gasteiger partial charge in [-0.15, -0.1) is 11.3 Å². The maximum atomic E-state index is 4.40. The smallest absolute Gasteiger partial charge is 0.0731 e. The van der Waals surface area contributed by atoms with E-state index in [9.17, 15) is 0 Å². The Morgan fingerprint density at radius 3 is 2.80 bits per heavy atom. The number of anilines is 1. The molecule has 1 N–H and O–H groups in total. The molecule has 0 radical (unpaired) electrons. The van der Waals surface area contributed by atoms with Crippen molar-refractivity contribution in [1.82, 2.24) is 9.78 Å². The van der Waals surface area contributed by atoms with Crippen LogP contribution in [0.25, 0.3) is 0 Å². The van der Waals surface area contributed by atoms with Gasteiger partial charge in [-0.2, -0.15) is 5.10 Å². The molecule has 2 heterocycles. The second-order valence-corrected chi connectivity index (χ2v) is 5.77. The summed E-state index contributed by atoms with van der Waals surface area (Å²) in [6.45, 7) is 2.97. The van der Waals surface area contributed by atoms with Gasteiger partial charge in [-0.3, -0.25) is 4.68 Å². The zero-order valence-corrected chi connectivity index (χ0v) is 12.2. The molecule has 0 aliphatic carbocycles. The van der Waals surface area contributed by atoms with Gasteiger partial charge >= 0.3 is 0 Å². The van der Waals surface area contributed by atoms with Crippen LogP contribution in [0.15, 0.2) is 60.2 Å². The fourth-order valence-corrected chi connectivity index (χ4v) is 2.89. The van der Waals surface area contributed by atoms with Crippen LogP contribution in [0.5, 0.6) is 0 Å². The molecule has 102 valence electrons. The molecule has 0 amide bonds. The van der Waals surface area contributed by atoms with E-state index in [4.69, 9.17) is 0 Å². The lowest BCUT2D eigenvalue weighted by Gasteiger charge is -2.11. The first-order valence-electron chi connectivity index (χ1n) is 6.67. The van der Waals surface area contributed by atoms with Crippen LogP contribution < -0.4 is 5.32 Å². The van der Waals surface area contributed by atoms with E-state index in [2.05, 4.69) is 65.3 Å². The highest BCUT2D eigenvalue weighted by atomic mass is 32.1. The van der Waals surface area contributed by atoms with E-state index in [-0.39, 0.29) is 0 Å². The summed E-state index contributed by atoms with van der Waals surface area (Å²) in [6, 6.07) is 14.9. The lowest BCUT2D eigenvalue weighted by molar-refractivity contribution is 0.687. The number of rotatable bonds is 5. The van der Waals surface area contributed by atoms with Gasteiger partial charge in [0.05, 0.1) is 24.5 Å². The molecule has 3 nitrogen and oxygen atoms in total. The molecule has 3 rings (SSSR count). The van der Waals surface area contributed by atoms with Crippen LogP contribution in [-0.4, -0.2) is 9.78 Å². The van der Waals surface area contributed by atoms with E-state index in [1.807, 2.05) is 16.9 Å². The summed E-state index contributed by atoms with van der Waals surface area (Å²) in [5.74, 6) is 0. The monoisotopic (exact) mass is 283 g/mol. The predicted molar refractivity (Wildman–Crippen MR) is 84.1 cm³/mol. The van der Waals surface area contributed by atoms with Crippen molar-refractivity contribution in [3.8, 4) is 0 Å². The topological polar surface area (TPSA) is 29.9 Å². The highest BCUT2D eigenvalue weighted by Gasteiger charge is 2.07. The first kappa shape index (κ1) is 12.9. The normalized spacial score (nSPS) is 12.2. The lowest BCUT2D eigenvalue weighted by Crippen LogP contribution is -2.04. The Labute approximate surface area is 122 Å². The number of nitrogens with zero attached hydrogens (tertiary/aromatic N) is 2. The maximum absolute atomic E-state index is 4.40. The number of benzene rings is 1. The Bertz CT molecular complexity index is 643. The summed E-state index contributed by atoms with van der Waals surface area (Å²) in [5.41, 5.74) is 2.32. The first-order valence-corrected chi connectivity index (χ1v) is 7.55. The van der Waals surface area contributed by atoms with Gasteiger partial charge in [-0.05, 0) is 23.9 Å². The van der Waals surface area contributed by atoms with Crippen LogP contribution in [0.4, 0.5) is 5.69 Å². The van der Waals surface area contributed by atoms with Crippen molar-refractivity contribution in [3.05, 3.63) is 70.7 Å². The average molecular weight is 283 g/mol. The Kier molecular flexibility index (Phi) is 3.83. The number of hydrogen-bond donors (Lipinski definition) is 1. The van der Waals surface area contributed by atoms with E-state index in [0.717, 1.165) is 12.2 Å². The molecule has 0 saturated carbocycles. The van der Waals surface area contributed by atoms with Crippen molar-refractivity contribution in [1.29, 1.82) is 0 Å². The summed E-state index contributed by atoms with van der Waals surface area (Å²) in [6.07, 6.45) is 3.93. The molecule has 0 saturated heterocycles. The van der Waals surface area contributed by atoms with Gasteiger partial charge in [0.15, 0.2) is 0 Å². The van der Waals surface area contributed by atoms with E-state index in [1.165, 1.54) is 10.4 Å². The van der Waals surface area contributed by atoms with Crippen LogP contribution in [0, 0.1) is 0 Å². The van der Waals surface area contributed by atoms with Crippen LogP contribution in [0.3, 0.4) is 0 Å². The molecule has 0 bridgehead atoms. The Morgan fingerprint density at radius 1 is 1.20 bits per heavy atom. The van der Waals surface area contributed by atoms with Crippen molar-refractivity contribution in [2.75, 3.05) is 5.32 Å². The number of thiophene rings is 1. The van der Waals surface area contributed by atoms with Gasteiger partial charge in [0.2, 0.25) is 0 Å². The first-order chi connectivity index (χ1) is 9.81. The third-order valence-electron chi connectivity index (χ3n) is 3.17. The van der Waals surface area contributed by atoms with Gasteiger partial charge < -0.3 is 5.32 Å². The molecule has 2 aromatic heterocycles. The fourth-order valence-electron chi connectivity index (χ4n) is 2.15. The average Bonchev–Trinajstić information content (AvgIpc) is 3.11. The van der Waals surface area contributed by atoms with Crippen LogP contribution in [-0.2, 0) is 6.54 Å². The van der Waals surface area contributed by atoms with Crippen molar-refractivity contribution >= 4 is 17.0 Å². The van der Waals surface area contributed by atoms with Crippen molar-refractivity contribution in [2.24, 2.45) is 0 Å². The van der Waals surface area contributed by atoms with E-state index < -0.39 is 0 Å². The Hall–Kier alpha value is -2.07. The summed E-state index contributed by atoms with van der Waals surface area (Å²) in [7, 11) is 0. The van der Waals surface area contributed by atoms with Gasteiger partial charge in [-0.25, -0.2) is 0 Å². The zero-order chi connectivity index (χ0) is 13.8. The Morgan fingerprint density at radius 2 is 2.05 bits per heavy atom. The molecule has 0 aliphatic rings. The second-order valence-electron chi connectivity index (χ2n) is 4.79. The van der Waals surface area contributed by atoms with Crippen molar-refractivity contribution < 1.29 is 0 Å². The third-order valence-corrected chi connectivity index (χ3v) is 4.23. The molecule has 3 aromatic rings. The van der Waals surface area contributed by atoms with Crippen LogP contribution in [0.2, 0.25) is 0 Å². The van der Waals surface area contributed by atoms with Crippen molar-refractivity contribution in [2.45, 2.75) is 19.5 Å². The van der Waals surface area contributed by atoms with Gasteiger partial charge in [-0.1, -0.05) is 36.4 Å². The summed E-state index contributed by atoms with van der Waals surface area (Å²) < 4.78 is 1.96. The Balaban J connectivity index is 1.65. The molecule has 1 unspecified atom stereocenters. The van der Waals surface area contributed by atoms with Gasteiger partial charge in [0.1, 0.15) is 0 Å². The minimum atomic E-state index is 0.310. The standard InChI is InChI=1S/C16H17N3S/c1-13(16-8-5-9-20-16)18-15-10-17-19(12-15)11-14-6-3-2-4-7-14/h2-10,12-13,18H,11H2,1H3. The molecule has 0 spiro atoms. The van der Waals surface area contributed by atoms with Crippen molar-refractivity contribution in [3.63, 3.8) is 0 Å². The molecule has 4 heteroatoms. The highest BCUT2D eigenvalue weighted by molar-refractivity contribution is 7.10. The second kappa shape index (κ2) is 5.92.